The van der Waals surface area contributed by atoms with E-state index < -0.39 is 11.7 Å². The number of aromatic nitrogens is 1. The lowest BCUT2D eigenvalue weighted by Gasteiger charge is -2.22. The largest absolute Gasteiger partial charge is 0.444 e. The molecule has 0 aromatic carbocycles. The fraction of sp³-hybridized carbons (Fsp3) is 0.600. The predicted molar refractivity (Wildman–Crippen MR) is 89.3 cm³/mol. The van der Waals surface area contributed by atoms with Crippen molar-refractivity contribution in [1.29, 1.82) is 0 Å². The number of rotatable bonds is 4. The maximum Gasteiger partial charge on any atom is 0.407 e. The minimum Gasteiger partial charge on any atom is -0.444 e. The Hall–Kier alpha value is -2.22. The van der Waals surface area contributed by atoms with Crippen molar-refractivity contribution < 1.29 is 14.4 Å². The fourth-order valence-corrected chi connectivity index (χ4v) is 2.40. The lowest BCUT2D eigenvalue weighted by molar-refractivity contribution is 0.0509. The molecule has 4 N–H and O–H groups in total. The quantitative estimate of drug-likeness (QED) is 0.725. The number of anilines is 3. The van der Waals surface area contributed by atoms with Crippen molar-refractivity contribution in [1.82, 2.24) is 10.3 Å². The molecule has 128 valence electrons. The molecule has 23 heavy (non-hydrogen) atoms. The Kier molecular flexibility index (Phi) is 5.15. The molecule has 1 atom stereocenters. The second kappa shape index (κ2) is 6.91. The molecule has 1 unspecified atom stereocenters. The van der Waals surface area contributed by atoms with Gasteiger partial charge in [0.15, 0.2) is 5.82 Å². The second-order valence-corrected chi connectivity index (χ2v) is 6.49. The molecule has 1 aromatic rings. The Morgan fingerprint density at radius 1 is 1.43 bits per heavy atom. The third kappa shape index (κ3) is 4.88. The summed E-state index contributed by atoms with van der Waals surface area (Å²) in [6, 6.07) is 3.72. The molecule has 0 spiro atoms. The number of pyridine rings is 1. The van der Waals surface area contributed by atoms with Crippen LogP contribution in [0.25, 0.3) is 0 Å². The van der Waals surface area contributed by atoms with Crippen molar-refractivity contribution in [2.45, 2.75) is 38.8 Å². The van der Waals surface area contributed by atoms with E-state index in [2.05, 4.69) is 20.7 Å². The average molecular weight is 323 g/mol. The highest BCUT2D eigenvalue weighted by atomic mass is 16.6. The van der Waals surface area contributed by atoms with Crippen molar-refractivity contribution in [3.05, 3.63) is 12.1 Å². The molecule has 1 amide bonds. The summed E-state index contributed by atoms with van der Waals surface area (Å²) in [5.74, 6) is 1.14. The molecule has 1 fully saturated rings. The summed E-state index contributed by atoms with van der Waals surface area (Å²) in [6.45, 7) is 6.99. The highest BCUT2D eigenvalue weighted by Gasteiger charge is 2.27. The van der Waals surface area contributed by atoms with Crippen LogP contribution in [0.4, 0.5) is 22.1 Å². The van der Waals surface area contributed by atoms with Crippen LogP contribution in [0.15, 0.2) is 12.1 Å². The normalized spacial score (nSPS) is 17.9. The van der Waals surface area contributed by atoms with Gasteiger partial charge in [0.05, 0.1) is 13.2 Å². The Morgan fingerprint density at radius 2 is 2.17 bits per heavy atom. The van der Waals surface area contributed by atoms with E-state index in [4.69, 9.17) is 15.3 Å². The van der Waals surface area contributed by atoms with Gasteiger partial charge in [0, 0.05) is 13.1 Å². The number of alkyl carbamates (subject to hydrolysis) is 1. The molecular formula is C15H25N5O3. The third-order valence-corrected chi connectivity index (χ3v) is 3.36. The van der Waals surface area contributed by atoms with Gasteiger partial charge in [0.1, 0.15) is 17.1 Å². The van der Waals surface area contributed by atoms with Gasteiger partial charge in [-0.15, -0.1) is 0 Å². The van der Waals surface area contributed by atoms with Crippen LogP contribution in [-0.2, 0) is 9.57 Å². The van der Waals surface area contributed by atoms with E-state index in [0.717, 1.165) is 18.8 Å². The van der Waals surface area contributed by atoms with Crippen molar-refractivity contribution in [2.75, 3.05) is 36.3 Å². The number of carbonyl (C=O) groups excluding carboxylic acids is 1. The second-order valence-electron chi connectivity index (χ2n) is 6.49. The summed E-state index contributed by atoms with van der Waals surface area (Å²) in [6.07, 6.45) is 0.440. The minimum atomic E-state index is -0.497. The van der Waals surface area contributed by atoms with E-state index in [1.54, 1.807) is 0 Å². The lowest BCUT2D eigenvalue weighted by atomic mass is 10.2. The zero-order valence-electron chi connectivity index (χ0n) is 14.0. The smallest absolute Gasteiger partial charge is 0.407 e. The highest BCUT2D eigenvalue weighted by molar-refractivity contribution is 5.68. The molecule has 1 aliphatic heterocycles. The van der Waals surface area contributed by atoms with Crippen LogP contribution in [0.2, 0.25) is 0 Å². The van der Waals surface area contributed by atoms with Gasteiger partial charge in [-0.1, -0.05) is 0 Å². The summed E-state index contributed by atoms with van der Waals surface area (Å²) < 4.78 is 5.28. The monoisotopic (exact) mass is 323 g/mol. The van der Waals surface area contributed by atoms with Gasteiger partial charge in [-0.05, 0) is 39.3 Å². The van der Waals surface area contributed by atoms with Crippen molar-refractivity contribution in [2.24, 2.45) is 0 Å². The number of amides is 1. The van der Waals surface area contributed by atoms with E-state index in [1.165, 1.54) is 7.11 Å². The average Bonchev–Trinajstić information content (AvgIpc) is 2.87. The minimum absolute atomic E-state index is 0.0321. The first-order valence-electron chi connectivity index (χ1n) is 7.58. The topological polar surface area (TPSA) is 102 Å². The van der Waals surface area contributed by atoms with Gasteiger partial charge in [0.25, 0.3) is 0 Å². The Morgan fingerprint density at radius 3 is 2.78 bits per heavy atom. The van der Waals surface area contributed by atoms with Crippen LogP contribution < -0.4 is 21.4 Å². The van der Waals surface area contributed by atoms with E-state index in [9.17, 15) is 4.79 Å². The maximum atomic E-state index is 11.8. The maximum absolute atomic E-state index is 11.8. The summed E-state index contributed by atoms with van der Waals surface area (Å²) >= 11 is 0. The zero-order valence-corrected chi connectivity index (χ0v) is 14.0. The van der Waals surface area contributed by atoms with Gasteiger partial charge < -0.3 is 20.7 Å². The van der Waals surface area contributed by atoms with Gasteiger partial charge >= 0.3 is 6.09 Å². The molecule has 0 bridgehead atoms. The van der Waals surface area contributed by atoms with Gasteiger partial charge in [-0.2, -0.15) is 0 Å². The first-order valence-corrected chi connectivity index (χ1v) is 7.58. The number of carbonyl (C=O) groups is 1. The number of nitrogens with zero attached hydrogens (tertiary/aromatic N) is 2. The molecule has 0 aliphatic carbocycles. The van der Waals surface area contributed by atoms with Gasteiger partial charge in [-0.25, -0.2) is 9.78 Å². The van der Waals surface area contributed by atoms with Gasteiger partial charge in [-0.3, -0.25) is 10.3 Å². The summed E-state index contributed by atoms with van der Waals surface area (Å²) in [7, 11) is 1.51. The van der Waals surface area contributed by atoms with Crippen molar-refractivity contribution in [3.63, 3.8) is 0 Å². The number of nitrogens with two attached hydrogens (primary N) is 1. The zero-order chi connectivity index (χ0) is 17.0. The lowest BCUT2D eigenvalue weighted by Crippen LogP contribution is -2.40. The Labute approximate surface area is 136 Å². The van der Waals surface area contributed by atoms with E-state index in [1.807, 2.05) is 32.9 Å². The first-order chi connectivity index (χ1) is 10.8. The van der Waals surface area contributed by atoms with E-state index >= 15 is 0 Å². The summed E-state index contributed by atoms with van der Waals surface area (Å²) in [5.41, 5.74) is 8.69. The van der Waals surface area contributed by atoms with Crippen LogP contribution >= 0.6 is 0 Å². The van der Waals surface area contributed by atoms with Crippen LogP contribution in [0.1, 0.15) is 27.2 Å². The molecule has 1 aliphatic rings. The predicted octanol–water partition coefficient (Wildman–Crippen LogP) is 1.74. The standard InChI is InChI=1S/C15H25N5O3/c1-15(2,3)23-14(21)17-10-7-8-20(9-10)12-6-5-11(19-22-4)13(16)18-12/h5-6,10,19H,7-9H2,1-4H3,(H2,16,18)(H,17,21). The summed E-state index contributed by atoms with van der Waals surface area (Å²) in [4.78, 5) is 23.1. The van der Waals surface area contributed by atoms with Crippen LogP contribution in [0.5, 0.6) is 0 Å². The highest BCUT2D eigenvalue weighted by Crippen LogP contribution is 2.24. The molecule has 0 radical (unpaired) electrons. The molecule has 2 heterocycles. The molecule has 1 aromatic heterocycles. The SMILES string of the molecule is CONc1ccc(N2CCC(NC(=O)OC(C)(C)C)C2)nc1N. The molecular weight excluding hydrogens is 298 g/mol. The molecule has 8 heteroatoms. The Bertz CT molecular complexity index is 559. The molecule has 2 rings (SSSR count). The summed E-state index contributed by atoms with van der Waals surface area (Å²) in [5, 5.41) is 2.89. The van der Waals surface area contributed by atoms with Crippen LogP contribution in [0.3, 0.4) is 0 Å². The molecule has 1 saturated heterocycles. The Balaban J connectivity index is 1.92. The first kappa shape index (κ1) is 17.1. The van der Waals surface area contributed by atoms with Crippen molar-refractivity contribution in [3.8, 4) is 0 Å². The van der Waals surface area contributed by atoms with Crippen LogP contribution in [0, 0.1) is 0 Å². The van der Waals surface area contributed by atoms with E-state index in [0.29, 0.717) is 18.1 Å². The third-order valence-electron chi connectivity index (χ3n) is 3.36. The number of ether oxygens (including phenoxy) is 1. The van der Waals surface area contributed by atoms with Gasteiger partial charge in [0.2, 0.25) is 0 Å². The number of hydrogen-bond donors (Lipinski definition) is 3. The molecule has 8 nitrogen and oxygen atoms in total. The fourth-order valence-electron chi connectivity index (χ4n) is 2.40. The van der Waals surface area contributed by atoms with Crippen LogP contribution in [-0.4, -0.2) is 42.9 Å². The molecule has 0 saturated carbocycles. The number of hydrogen-bond acceptors (Lipinski definition) is 7. The van der Waals surface area contributed by atoms with Crippen molar-refractivity contribution >= 4 is 23.4 Å². The number of nitrogens with one attached hydrogen (secondary N) is 2. The number of nitrogen functional groups attached to an aromatic ring is 1. The van der Waals surface area contributed by atoms with E-state index in [-0.39, 0.29) is 6.04 Å².